The lowest BCUT2D eigenvalue weighted by molar-refractivity contribution is 0.138. The predicted octanol–water partition coefficient (Wildman–Crippen LogP) is 3.58. The van der Waals surface area contributed by atoms with Gasteiger partial charge in [0.25, 0.3) is 0 Å². The standard InChI is InChI=1S/C13H16BrN/c14-11-5-3-4-10(8-11)13-7-2-1-6-12(9-13)15-13/h3-5,8,12,15H,1-2,6-7,9H2. The molecule has 2 saturated heterocycles. The van der Waals surface area contributed by atoms with E-state index in [1.165, 1.54) is 42.1 Å². The van der Waals surface area contributed by atoms with Crippen molar-refractivity contribution in [2.45, 2.75) is 43.7 Å². The summed E-state index contributed by atoms with van der Waals surface area (Å²) in [6.45, 7) is 0. The lowest BCUT2D eigenvalue weighted by atomic mass is 9.75. The number of fused-ring (bicyclic) bond motifs is 3. The Bertz CT molecular complexity index is 363. The van der Waals surface area contributed by atoms with E-state index in [1.807, 2.05) is 0 Å². The Morgan fingerprint density at radius 3 is 3.00 bits per heavy atom. The summed E-state index contributed by atoms with van der Waals surface area (Å²) in [6.07, 6.45) is 6.78. The van der Waals surface area contributed by atoms with Crippen molar-refractivity contribution >= 4 is 15.9 Å². The number of nitrogens with one attached hydrogen (secondary N) is 1. The van der Waals surface area contributed by atoms with E-state index in [-0.39, 0.29) is 0 Å². The fourth-order valence-electron chi connectivity index (χ4n) is 3.09. The normalized spacial score (nSPS) is 34.3. The van der Waals surface area contributed by atoms with Crippen LogP contribution in [0.3, 0.4) is 0 Å². The average Bonchev–Trinajstić information content (AvgIpc) is 2.49. The van der Waals surface area contributed by atoms with Crippen LogP contribution in [0.2, 0.25) is 0 Å². The highest BCUT2D eigenvalue weighted by atomic mass is 79.9. The number of rotatable bonds is 1. The van der Waals surface area contributed by atoms with Gasteiger partial charge in [-0.25, -0.2) is 0 Å². The van der Waals surface area contributed by atoms with E-state index in [4.69, 9.17) is 0 Å². The molecule has 3 fully saturated rings. The van der Waals surface area contributed by atoms with Gasteiger partial charge in [0, 0.05) is 16.1 Å². The maximum absolute atomic E-state index is 3.78. The molecular weight excluding hydrogens is 250 g/mol. The SMILES string of the molecule is Brc1cccc(C23CCCCC(C2)N3)c1. The predicted molar refractivity (Wildman–Crippen MR) is 65.8 cm³/mol. The zero-order valence-electron chi connectivity index (χ0n) is 8.80. The van der Waals surface area contributed by atoms with E-state index < -0.39 is 0 Å². The molecule has 2 heteroatoms. The summed E-state index contributed by atoms with van der Waals surface area (Å²) >= 11 is 3.56. The maximum atomic E-state index is 3.78. The van der Waals surface area contributed by atoms with E-state index >= 15 is 0 Å². The van der Waals surface area contributed by atoms with Crippen molar-refractivity contribution in [1.82, 2.24) is 5.32 Å². The van der Waals surface area contributed by atoms with Crippen molar-refractivity contribution in [2.75, 3.05) is 0 Å². The fourth-order valence-corrected chi connectivity index (χ4v) is 3.49. The zero-order valence-corrected chi connectivity index (χ0v) is 10.4. The van der Waals surface area contributed by atoms with Crippen LogP contribution < -0.4 is 5.32 Å². The Hall–Kier alpha value is -0.340. The first kappa shape index (κ1) is 9.86. The van der Waals surface area contributed by atoms with E-state index in [2.05, 4.69) is 45.5 Å². The largest absolute Gasteiger partial charge is 0.304 e. The van der Waals surface area contributed by atoms with Crippen LogP contribution in [0, 0.1) is 0 Å². The van der Waals surface area contributed by atoms with Crippen LogP contribution in [0.5, 0.6) is 0 Å². The number of benzene rings is 1. The van der Waals surface area contributed by atoms with Crippen LogP contribution in [0.1, 0.15) is 37.7 Å². The molecule has 15 heavy (non-hydrogen) atoms. The minimum absolute atomic E-state index is 0.310. The Morgan fingerprint density at radius 1 is 1.33 bits per heavy atom. The molecule has 0 amide bonds. The first-order valence-electron chi connectivity index (χ1n) is 5.82. The van der Waals surface area contributed by atoms with Gasteiger partial charge in [-0.2, -0.15) is 0 Å². The summed E-state index contributed by atoms with van der Waals surface area (Å²) in [7, 11) is 0. The first-order valence-corrected chi connectivity index (χ1v) is 6.62. The summed E-state index contributed by atoms with van der Waals surface area (Å²) in [5.74, 6) is 0. The Labute approximate surface area is 99.4 Å². The number of halogens is 1. The molecule has 2 heterocycles. The molecule has 1 nitrogen and oxygen atoms in total. The van der Waals surface area contributed by atoms with Gasteiger partial charge in [-0.3, -0.25) is 0 Å². The highest BCUT2D eigenvalue weighted by Gasteiger charge is 2.45. The van der Waals surface area contributed by atoms with Gasteiger partial charge in [-0.1, -0.05) is 40.9 Å². The van der Waals surface area contributed by atoms with Gasteiger partial charge in [0.05, 0.1) is 0 Å². The minimum atomic E-state index is 0.310. The summed E-state index contributed by atoms with van der Waals surface area (Å²) in [4.78, 5) is 0. The molecule has 0 aromatic heterocycles. The van der Waals surface area contributed by atoms with Crippen LogP contribution >= 0.6 is 15.9 Å². The van der Waals surface area contributed by atoms with Gasteiger partial charge in [-0.05, 0) is 37.0 Å². The molecule has 1 aromatic carbocycles. The van der Waals surface area contributed by atoms with E-state index in [1.54, 1.807) is 0 Å². The molecule has 1 aromatic rings. The van der Waals surface area contributed by atoms with Crippen molar-refractivity contribution < 1.29 is 0 Å². The molecule has 1 N–H and O–H groups in total. The highest BCUT2D eigenvalue weighted by molar-refractivity contribution is 9.10. The summed E-state index contributed by atoms with van der Waals surface area (Å²) in [5.41, 5.74) is 1.78. The molecular formula is C13H16BrN. The van der Waals surface area contributed by atoms with Gasteiger partial charge in [0.2, 0.25) is 0 Å². The summed E-state index contributed by atoms with van der Waals surface area (Å²) in [5, 5.41) is 3.78. The van der Waals surface area contributed by atoms with Crippen molar-refractivity contribution in [1.29, 1.82) is 0 Å². The van der Waals surface area contributed by atoms with E-state index in [0.29, 0.717) is 5.54 Å². The zero-order chi connectivity index (χ0) is 10.3. The van der Waals surface area contributed by atoms with Gasteiger partial charge in [0.15, 0.2) is 0 Å². The smallest absolute Gasteiger partial charge is 0.0452 e. The van der Waals surface area contributed by atoms with Gasteiger partial charge in [0.1, 0.15) is 0 Å². The van der Waals surface area contributed by atoms with Gasteiger partial charge >= 0.3 is 0 Å². The lowest BCUT2D eigenvalue weighted by Crippen LogP contribution is -2.59. The topological polar surface area (TPSA) is 12.0 Å². The van der Waals surface area contributed by atoms with Crippen LogP contribution in [0.4, 0.5) is 0 Å². The third kappa shape index (κ3) is 1.64. The fraction of sp³-hybridized carbons (Fsp3) is 0.538. The third-order valence-electron chi connectivity index (χ3n) is 3.86. The van der Waals surface area contributed by atoms with Crippen molar-refractivity contribution in [2.24, 2.45) is 0 Å². The molecule has 1 saturated carbocycles. The second kappa shape index (κ2) is 3.60. The second-order valence-electron chi connectivity index (χ2n) is 4.88. The molecule has 80 valence electrons. The monoisotopic (exact) mass is 265 g/mol. The van der Waals surface area contributed by atoms with Crippen molar-refractivity contribution in [3.63, 3.8) is 0 Å². The van der Waals surface area contributed by atoms with Crippen molar-refractivity contribution in [3.05, 3.63) is 34.3 Å². The molecule has 2 unspecified atom stereocenters. The first-order chi connectivity index (χ1) is 7.28. The quantitative estimate of drug-likeness (QED) is 0.819. The molecule has 1 aliphatic carbocycles. The molecule has 3 aliphatic rings. The van der Waals surface area contributed by atoms with E-state index in [9.17, 15) is 0 Å². The van der Waals surface area contributed by atoms with Crippen LogP contribution in [0.15, 0.2) is 28.7 Å². The van der Waals surface area contributed by atoms with Gasteiger partial charge < -0.3 is 5.32 Å². The third-order valence-corrected chi connectivity index (χ3v) is 4.35. The molecule has 2 aliphatic heterocycles. The average molecular weight is 266 g/mol. The maximum Gasteiger partial charge on any atom is 0.0452 e. The van der Waals surface area contributed by atoms with Gasteiger partial charge in [-0.15, -0.1) is 0 Å². The molecule has 4 rings (SSSR count). The summed E-state index contributed by atoms with van der Waals surface area (Å²) < 4.78 is 1.20. The second-order valence-corrected chi connectivity index (χ2v) is 5.80. The minimum Gasteiger partial charge on any atom is -0.304 e. The number of hydrogen-bond donors (Lipinski definition) is 1. The molecule has 2 atom stereocenters. The van der Waals surface area contributed by atoms with E-state index in [0.717, 1.165) is 6.04 Å². The Balaban J connectivity index is 1.93. The molecule has 0 radical (unpaired) electrons. The Morgan fingerprint density at radius 2 is 2.20 bits per heavy atom. The highest BCUT2D eigenvalue weighted by Crippen LogP contribution is 2.44. The van der Waals surface area contributed by atoms with Crippen molar-refractivity contribution in [3.8, 4) is 0 Å². The van der Waals surface area contributed by atoms with Crippen LogP contribution in [0.25, 0.3) is 0 Å². The number of hydrogen-bond acceptors (Lipinski definition) is 1. The molecule has 2 bridgehead atoms. The lowest BCUT2D eigenvalue weighted by Gasteiger charge is -2.48. The van der Waals surface area contributed by atoms with Crippen LogP contribution in [-0.4, -0.2) is 6.04 Å². The Kier molecular flexibility index (Phi) is 2.37. The summed E-state index contributed by atoms with van der Waals surface area (Å²) in [6, 6.07) is 9.57. The molecule has 0 spiro atoms. The van der Waals surface area contributed by atoms with Crippen LogP contribution in [-0.2, 0) is 5.54 Å².